The van der Waals surface area contributed by atoms with Crippen LogP contribution in [0.1, 0.15) is 42.0 Å². The molecule has 1 aliphatic rings. The molecular formula is C20H25NO3SSi. The second kappa shape index (κ2) is 7.86. The van der Waals surface area contributed by atoms with Gasteiger partial charge in [-0.1, -0.05) is 45.0 Å². The predicted octanol–water partition coefficient (Wildman–Crippen LogP) is 4.86. The first-order chi connectivity index (χ1) is 12.6. The molecule has 1 aromatic heterocycles. The highest BCUT2D eigenvalue weighted by atomic mass is 32.1. The summed E-state index contributed by atoms with van der Waals surface area (Å²) in [6.45, 7) is 6.44. The number of thiophene rings is 1. The van der Waals surface area contributed by atoms with Crippen LogP contribution < -0.4 is 0 Å². The molecule has 4 nitrogen and oxygen atoms in total. The molecule has 138 valence electrons. The summed E-state index contributed by atoms with van der Waals surface area (Å²) in [5, 5.41) is 1.98. The van der Waals surface area contributed by atoms with Gasteiger partial charge in [-0.05, 0) is 41.7 Å². The molecule has 1 aromatic carbocycles. The van der Waals surface area contributed by atoms with Crippen LogP contribution in [0.5, 0.6) is 0 Å². The van der Waals surface area contributed by atoms with Gasteiger partial charge in [0.05, 0.1) is 0 Å². The lowest BCUT2D eigenvalue weighted by molar-refractivity contribution is -0.158. The Morgan fingerprint density at radius 1 is 1.08 bits per heavy atom. The van der Waals surface area contributed by atoms with E-state index in [2.05, 4.69) is 20.8 Å². The molecule has 0 aliphatic carbocycles. The summed E-state index contributed by atoms with van der Waals surface area (Å²) in [4.78, 5) is 28.2. The van der Waals surface area contributed by atoms with Crippen molar-refractivity contribution in [1.29, 1.82) is 0 Å². The van der Waals surface area contributed by atoms with Crippen molar-refractivity contribution in [3.8, 4) is 0 Å². The van der Waals surface area contributed by atoms with Gasteiger partial charge in [0.2, 0.25) is 0 Å². The van der Waals surface area contributed by atoms with E-state index in [-0.39, 0.29) is 17.9 Å². The summed E-state index contributed by atoms with van der Waals surface area (Å²) < 4.78 is 6.49. The van der Waals surface area contributed by atoms with Crippen molar-refractivity contribution < 1.29 is 14.0 Å². The van der Waals surface area contributed by atoms with Crippen LogP contribution in [0.15, 0.2) is 47.8 Å². The van der Waals surface area contributed by atoms with Gasteiger partial charge in [-0.15, -0.1) is 11.3 Å². The Kier molecular flexibility index (Phi) is 5.75. The largest absolute Gasteiger partial charge is 0.403 e. The maximum Gasteiger partial charge on any atom is 0.261 e. The second-order valence-electron chi connectivity index (χ2n) is 6.62. The molecule has 0 saturated carbocycles. The van der Waals surface area contributed by atoms with Crippen LogP contribution in [0.4, 0.5) is 0 Å². The summed E-state index contributed by atoms with van der Waals surface area (Å²) in [5.74, 6) is -0.449. The number of carbonyl (C=O) groups excluding carboxylic acids is 2. The van der Waals surface area contributed by atoms with Gasteiger partial charge < -0.3 is 4.43 Å². The lowest BCUT2D eigenvalue weighted by Gasteiger charge is -2.48. The van der Waals surface area contributed by atoms with Crippen molar-refractivity contribution in [3.63, 3.8) is 0 Å². The summed E-state index contributed by atoms with van der Waals surface area (Å²) in [6, 6.07) is 15.5. The van der Waals surface area contributed by atoms with Crippen LogP contribution in [0.3, 0.4) is 0 Å². The molecule has 1 fully saturated rings. The molecule has 1 saturated heterocycles. The molecular weight excluding hydrogens is 362 g/mol. The SMILES string of the molecule is CC[Si](CC)(CC)O[C@@H]1C(=O)N(C(=O)c2ccccc2)[C@@H]1c1cccs1. The van der Waals surface area contributed by atoms with Gasteiger partial charge in [-0.2, -0.15) is 0 Å². The van der Waals surface area contributed by atoms with E-state index in [0.717, 1.165) is 23.0 Å². The molecule has 3 rings (SSSR count). The molecule has 2 aromatic rings. The van der Waals surface area contributed by atoms with Gasteiger partial charge in [0.15, 0.2) is 14.4 Å². The smallest absolute Gasteiger partial charge is 0.261 e. The third kappa shape index (κ3) is 3.29. The van der Waals surface area contributed by atoms with Crippen molar-refractivity contribution in [2.24, 2.45) is 0 Å². The Morgan fingerprint density at radius 3 is 2.27 bits per heavy atom. The highest BCUT2D eigenvalue weighted by Gasteiger charge is 2.55. The van der Waals surface area contributed by atoms with E-state index in [1.165, 1.54) is 4.90 Å². The number of benzene rings is 1. The first kappa shape index (κ1) is 19.0. The van der Waals surface area contributed by atoms with Crippen molar-refractivity contribution in [1.82, 2.24) is 4.90 Å². The number of amides is 2. The van der Waals surface area contributed by atoms with Crippen molar-refractivity contribution in [2.45, 2.75) is 51.0 Å². The zero-order valence-electron chi connectivity index (χ0n) is 15.5. The number of likely N-dealkylation sites (tertiary alicyclic amines) is 1. The fourth-order valence-electron chi connectivity index (χ4n) is 3.53. The maximum absolute atomic E-state index is 12.9. The first-order valence-electron chi connectivity index (χ1n) is 9.20. The van der Waals surface area contributed by atoms with Gasteiger partial charge in [0, 0.05) is 10.4 Å². The Bertz CT molecular complexity index is 750. The number of hydrogen-bond donors (Lipinski definition) is 0. The standard InChI is InChI=1S/C20H25NO3SSi/c1-4-26(5-2,6-3)24-18-17(16-13-10-14-25-16)21(20(18)23)19(22)15-11-8-7-9-12-15/h7-14,17-18H,4-6H2,1-3H3/t17-,18+/m1/s1. The fourth-order valence-corrected chi connectivity index (χ4v) is 7.14. The summed E-state index contributed by atoms with van der Waals surface area (Å²) in [7, 11) is -1.94. The molecule has 0 radical (unpaired) electrons. The van der Waals surface area contributed by atoms with Gasteiger partial charge in [-0.3, -0.25) is 14.5 Å². The zero-order chi connectivity index (χ0) is 18.7. The lowest BCUT2D eigenvalue weighted by Crippen LogP contribution is -2.64. The van der Waals surface area contributed by atoms with E-state index in [1.807, 2.05) is 35.7 Å². The van der Waals surface area contributed by atoms with E-state index in [1.54, 1.807) is 23.5 Å². The van der Waals surface area contributed by atoms with Gasteiger partial charge >= 0.3 is 0 Å². The fraction of sp³-hybridized carbons (Fsp3) is 0.400. The van der Waals surface area contributed by atoms with Gasteiger partial charge in [0.25, 0.3) is 11.8 Å². The van der Waals surface area contributed by atoms with Crippen molar-refractivity contribution in [3.05, 3.63) is 58.3 Å². The number of nitrogens with zero attached hydrogens (tertiary/aromatic N) is 1. The minimum absolute atomic E-state index is 0.204. The highest BCUT2D eigenvalue weighted by molar-refractivity contribution is 7.10. The second-order valence-corrected chi connectivity index (χ2v) is 12.3. The number of imide groups is 1. The molecule has 0 spiro atoms. The molecule has 6 heteroatoms. The average Bonchev–Trinajstić information content (AvgIpc) is 3.21. The van der Waals surface area contributed by atoms with Crippen LogP contribution >= 0.6 is 11.3 Å². The third-order valence-electron chi connectivity index (χ3n) is 5.43. The summed E-state index contributed by atoms with van der Waals surface area (Å²) in [6.07, 6.45) is -0.534. The minimum atomic E-state index is -1.94. The molecule has 26 heavy (non-hydrogen) atoms. The number of rotatable bonds is 7. The minimum Gasteiger partial charge on any atom is -0.403 e. The van der Waals surface area contributed by atoms with E-state index in [0.29, 0.717) is 5.56 Å². The molecule has 0 N–H and O–H groups in total. The highest BCUT2D eigenvalue weighted by Crippen LogP contribution is 2.42. The van der Waals surface area contributed by atoms with Crippen LogP contribution in [0.2, 0.25) is 18.1 Å². The predicted molar refractivity (Wildman–Crippen MR) is 107 cm³/mol. The Morgan fingerprint density at radius 2 is 1.73 bits per heavy atom. The normalized spacial score (nSPS) is 20.1. The molecule has 2 atom stereocenters. The quantitative estimate of drug-likeness (QED) is 0.387. The summed E-state index contributed by atoms with van der Waals surface area (Å²) in [5.41, 5.74) is 0.533. The topological polar surface area (TPSA) is 46.6 Å². The van der Waals surface area contributed by atoms with Gasteiger partial charge in [0.1, 0.15) is 6.04 Å². The molecule has 2 heterocycles. The summed E-state index contributed by atoms with van der Waals surface area (Å²) >= 11 is 1.57. The number of carbonyl (C=O) groups is 2. The van der Waals surface area contributed by atoms with Crippen molar-refractivity contribution in [2.75, 3.05) is 0 Å². The van der Waals surface area contributed by atoms with E-state index >= 15 is 0 Å². The van der Waals surface area contributed by atoms with Crippen LogP contribution in [-0.2, 0) is 9.22 Å². The van der Waals surface area contributed by atoms with E-state index < -0.39 is 14.4 Å². The van der Waals surface area contributed by atoms with Crippen LogP contribution in [-0.4, -0.2) is 31.1 Å². The maximum atomic E-state index is 12.9. The van der Waals surface area contributed by atoms with E-state index in [9.17, 15) is 9.59 Å². The zero-order valence-corrected chi connectivity index (χ0v) is 17.3. The Hall–Kier alpha value is -1.76. The van der Waals surface area contributed by atoms with Crippen LogP contribution in [0.25, 0.3) is 0 Å². The van der Waals surface area contributed by atoms with Crippen molar-refractivity contribution >= 4 is 31.5 Å². The molecule has 0 bridgehead atoms. The van der Waals surface area contributed by atoms with E-state index in [4.69, 9.17) is 4.43 Å². The van der Waals surface area contributed by atoms with Crippen LogP contribution in [0, 0.1) is 0 Å². The molecule has 1 aliphatic heterocycles. The third-order valence-corrected chi connectivity index (χ3v) is 11.0. The number of β-lactam (4-membered cyclic amide) rings is 1. The van der Waals surface area contributed by atoms with Gasteiger partial charge in [-0.25, -0.2) is 0 Å². The lowest BCUT2D eigenvalue weighted by atomic mass is 9.95. The molecule has 2 amide bonds. The Labute approximate surface area is 159 Å². The average molecular weight is 388 g/mol. The monoisotopic (exact) mass is 387 g/mol. The first-order valence-corrected chi connectivity index (χ1v) is 12.6. The number of hydrogen-bond acceptors (Lipinski definition) is 4. The molecule has 0 unspecified atom stereocenters. The Balaban J connectivity index is 1.90.